The molecule has 0 bridgehead atoms. The standard InChI is InChI=1S/C11H17NO2S/c1-11(9-3-6-15-7-4-9)13-8-10(14-11)2-5-12/h9-10H,2-4,6-8H2,1H3. The molecule has 4 heteroatoms. The smallest absolute Gasteiger partial charge is 0.169 e. The SMILES string of the molecule is CC1(C2CCSCC2)OCC(CC#N)O1. The molecule has 2 aliphatic rings. The first-order valence-corrected chi connectivity index (χ1v) is 6.66. The Balaban J connectivity index is 1.93. The topological polar surface area (TPSA) is 42.2 Å². The summed E-state index contributed by atoms with van der Waals surface area (Å²) >= 11 is 2.00. The average molecular weight is 227 g/mol. The first-order valence-electron chi connectivity index (χ1n) is 5.51. The second-order valence-electron chi connectivity index (χ2n) is 4.32. The molecule has 0 amide bonds. The minimum atomic E-state index is -0.428. The molecule has 0 N–H and O–H groups in total. The maximum absolute atomic E-state index is 8.62. The van der Waals surface area contributed by atoms with Gasteiger partial charge in [-0.2, -0.15) is 17.0 Å². The summed E-state index contributed by atoms with van der Waals surface area (Å²) in [6, 6.07) is 2.14. The average Bonchev–Trinajstić information content (AvgIpc) is 2.64. The number of nitrogens with zero attached hydrogens (tertiary/aromatic N) is 1. The van der Waals surface area contributed by atoms with E-state index in [1.807, 2.05) is 18.7 Å². The van der Waals surface area contributed by atoms with E-state index in [1.165, 1.54) is 24.3 Å². The van der Waals surface area contributed by atoms with Crippen LogP contribution in [0.2, 0.25) is 0 Å². The van der Waals surface area contributed by atoms with Crippen molar-refractivity contribution in [2.45, 2.75) is 38.1 Å². The van der Waals surface area contributed by atoms with Crippen LogP contribution in [-0.2, 0) is 9.47 Å². The first-order chi connectivity index (χ1) is 7.24. The number of hydrogen-bond acceptors (Lipinski definition) is 4. The third-order valence-corrected chi connectivity index (χ3v) is 4.29. The van der Waals surface area contributed by atoms with Gasteiger partial charge >= 0.3 is 0 Å². The van der Waals surface area contributed by atoms with E-state index in [4.69, 9.17) is 14.7 Å². The number of nitriles is 1. The van der Waals surface area contributed by atoms with Crippen LogP contribution in [-0.4, -0.2) is 30.0 Å². The molecule has 0 saturated carbocycles. The van der Waals surface area contributed by atoms with Gasteiger partial charge in [0.2, 0.25) is 0 Å². The molecule has 2 heterocycles. The summed E-state index contributed by atoms with van der Waals surface area (Å²) in [7, 11) is 0. The van der Waals surface area contributed by atoms with E-state index in [-0.39, 0.29) is 6.10 Å². The molecule has 2 aliphatic heterocycles. The van der Waals surface area contributed by atoms with Crippen LogP contribution in [0.3, 0.4) is 0 Å². The fourth-order valence-electron chi connectivity index (χ4n) is 2.30. The highest BCUT2D eigenvalue weighted by Crippen LogP contribution is 2.39. The van der Waals surface area contributed by atoms with E-state index in [1.54, 1.807) is 0 Å². The van der Waals surface area contributed by atoms with E-state index < -0.39 is 5.79 Å². The normalized spacial score (nSPS) is 37.7. The first kappa shape index (κ1) is 11.3. The lowest BCUT2D eigenvalue weighted by molar-refractivity contribution is -0.192. The molecule has 0 aliphatic carbocycles. The van der Waals surface area contributed by atoms with Gasteiger partial charge < -0.3 is 9.47 Å². The molecule has 0 aromatic carbocycles. The Labute approximate surface area is 95.1 Å². The largest absolute Gasteiger partial charge is 0.347 e. The lowest BCUT2D eigenvalue weighted by atomic mass is 9.94. The van der Waals surface area contributed by atoms with Gasteiger partial charge in [-0.1, -0.05) is 0 Å². The number of hydrogen-bond donors (Lipinski definition) is 0. The summed E-state index contributed by atoms with van der Waals surface area (Å²) in [6.07, 6.45) is 2.76. The highest BCUT2D eigenvalue weighted by molar-refractivity contribution is 7.99. The maximum atomic E-state index is 8.62. The molecule has 0 radical (unpaired) electrons. The van der Waals surface area contributed by atoms with Gasteiger partial charge in [-0.3, -0.25) is 0 Å². The number of rotatable bonds is 2. The van der Waals surface area contributed by atoms with Crippen molar-refractivity contribution in [1.29, 1.82) is 5.26 Å². The van der Waals surface area contributed by atoms with E-state index in [0.29, 0.717) is 18.9 Å². The minimum Gasteiger partial charge on any atom is -0.347 e. The monoisotopic (exact) mass is 227 g/mol. The highest BCUT2D eigenvalue weighted by atomic mass is 32.2. The second kappa shape index (κ2) is 4.73. The Morgan fingerprint density at radius 2 is 2.20 bits per heavy atom. The third kappa shape index (κ3) is 2.47. The Morgan fingerprint density at radius 3 is 2.87 bits per heavy atom. The zero-order valence-electron chi connectivity index (χ0n) is 9.07. The van der Waals surface area contributed by atoms with Gasteiger partial charge in [0.1, 0.15) is 0 Å². The van der Waals surface area contributed by atoms with E-state index >= 15 is 0 Å². The molecule has 84 valence electrons. The van der Waals surface area contributed by atoms with Crippen molar-refractivity contribution >= 4 is 11.8 Å². The fourth-order valence-corrected chi connectivity index (χ4v) is 3.40. The maximum Gasteiger partial charge on any atom is 0.169 e. The van der Waals surface area contributed by atoms with E-state index in [2.05, 4.69) is 6.07 Å². The molecule has 2 atom stereocenters. The van der Waals surface area contributed by atoms with Gasteiger partial charge in [0.25, 0.3) is 0 Å². The van der Waals surface area contributed by atoms with Crippen molar-refractivity contribution in [3.8, 4) is 6.07 Å². The molecular formula is C11H17NO2S. The van der Waals surface area contributed by atoms with E-state index in [0.717, 1.165) is 0 Å². The fraction of sp³-hybridized carbons (Fsp3) is 0.909. The van der Waals surface area contributed by atoms with Crippen LogP contribution in [0.1, 0.15) is 26.2 Å². The van der Waals surface area contributed by atoms with Gasteiger partial charge in [-0.25, -0.2) is 0 Å². The second-order valence-corrected chi connectivity index (χ2v) is 5.54. The predicted octanol–water partition coefficient (Wildman–Crippen LogP) is 2.17. The number of ether oxygens (including phenoxy) is 2. The Hall–Kier alpha value is -0.240. The highest BCUT2D eigenvalue weighted by Gasteiger charge is 2.43. The summed E-state index contributed by atoms with van der Waals surface area (Å²) < 4.78 is 11.6. The molecule has 2 unspecified atom stereocenters. The molecule has 0 aromatic rings. The third-order valence-electron chi connectivity index (χ3n) is 3.24. The van der Waals surface area contributed by atoms with Crippen molar-refractivity contribution in [2.24, 2.45) is 5.92 Å². The lowest BCUT2D eigenvalue weighted by Gasteiger charge is -2.35. The van der Waals surface area contributed by atoms with Crippen LogP contribution in [0.15, 0.2) is 0 Å². The van der Waals surface area contributed by atoms with Crippen LogP contribution in [0, 0.1) is 17.2 Å². The van der Waals surface area contributed by atoms with Crippen LogP contribution < -0.4 is 0 Å². The van der Waals surface area contributed by atoms with Gasteiger partial charge in [0, 0.05) is 5.92 Å². The summed E-state index contributed by atoms with van der Waals surface area (Å²) in [5.74, 6) is 2.48. The predicted molar refractivity (Wildman–Crippen MR) is 59.5 cm³/mol. The molecule has 0 spiro atoms. The summed E-state index contributed by atoms with van der Waals surface area (Å²) in [5, 5.41) is 8.62. The van der Waals surface area contributed by atoms with Crippen LogP contribution >= 0.6 is 11.8 Å². The Morgan fingerprint density at radius 1 is 1.47 bits per heavy atom. The minimum absolute atomic E-state index is 0.0189. The quantitative estimate of drug-likeness (QED) is 0.725. The molecular weight excluding hydrogens is 210 g/mol. The zero-order chi connectivity index (χ0) is 10.7. The van der Waals surface area contributed by atoms with Crippen molar-refractivity contribution in [1.82, 2.24) is 0 Å². The molecule has 3 nitrogen and oxygen atoms in total. The number of thioether (sulfide) groups is 1. The van der Waals surface area contributed by atoms with Gasteiger partial charge in [-0.15, -0.1) is 0 Å². The van der Waals surface area contributed by atoms with Crippen LogP contribution in [0.25, 0.3) is 0 Å². The Kier molecular flexibility index (Phi) is 3.55. The van der Waals surface area contributed by atoms with Crippen LogP contribution in [0.4, 0.5) is 0 Å². The summed E-state index contributed by atoms with van der Waals surface area (Å²) in [4.78, 5) is 0. The molecule has 15 heavy (non-hydrogen) atoms. The van der Waals surface area contributed by atoms with Gasteiger partial charge in [0.15, 0.2) is 5.79 Å². The molecule has 2 fully saturated rings. The lowest BCUT2D eigenvalue weighted by Crippen LogP contribution is -2.38. The molecule has 2 rings (SSSR count). The molecule has 0 aromatic heterocycles. The van der Waals surface area contributed by atoms with Crippen LogP contribution in [0.5, 0.6) is 0 Å². The zero-order valence-corrected chi connectivity index (χ0v) is 9.89. The van der Waals surface area contributed by atoms with Gasteiger partial charge in [0.05, 0.1) is 25.2 Å². The Bertz CT molecular complexity index is 260. The summed E-state index contributed by atoms with van der Waals surface area (Å²) in [6.45, 7) is 2.61. The van der Waals surface area contributed by atoms with Crippen molar-refractivity contribution in [3.05, 3.63) is 0 Å². The van der Waals surface area contributed by atoms with Crippen molar-refractivity contribution in [2.75, 3.05) is 18.1 Å². The van der Waals surface area contributed by atoms with Gasteiger partial charge in [-0.05, 0) is 31.3 Å². The van der Waals surface area contributed by atoms with Crippen molar-refractivity contribution in [3.63, 3.8) is 0 Å². The molecule has 2 saturated heterocycles. The van der Waals surface area contributed by atoms with E-state index in [9.17, 15) is 0 Å². The van der Waals surface area contributed by atoms with Crippen molar-refractivity contribution < 1.29 is 9.47 Å². The summed E-state index contributed by atoms with van der Waals surface area (Å²) in [5.41, 5.74) is 0.